The first kappa shape index (κ1) is 18.5. The van der Waals surface area contributed by atoms with Crippen molar-refractivity contribution in [3.8, 4) is 0 Å². The van der Waals surface area contributed by atoms with E-state index in [1.807, 2.05) is 20.8 Å². The molecule has 2 rings (SSSR count). The van der Waals surface area contributed by atoms with Crippen LogP contribution in [0.15, 0.2) is 30.3 Å². The van der Waals surface area contributed by atoms with Crippen LogP contribution in [0.4, 0.5) is 4.79 Å². The van der Waals surface area contributed by atoms with Crippen LogP contribution in [0.25, 0.3) is 5.70 Å². The molecule has 0 radical (unpaired) electrons. The van der Waals surface area contributed by atoms with Gasteiger partial charge in [-0.1, -0.05) is 37.3 Å². The lowest BCUT2D eigenvalue weighted by Crippen LogP contribution is -2.39. The van der Waals surface area contributed by atoms with E-state index in [-0.39, 0.29) is 6.09 Å². The molecule has 132 valence electrons. The van der Waals surface area contributed by atoms with Crippen LogP contribution in [0.5, 0.6) is 0 Å². The van der Waals surface area contributed by atoms with Gasteiger partial charge in [0.15, 0.2) is 0 Å². The van der Waals surface area contributed by atoms with Crippen molar-refractivity contribution in [3.63, 3.8) is 0 Å². The lowest BCUT2D eigenvalue weighted by molar-refractivity contribution is 0.0327. The molecule has 24 heavy (non-hydrogen) atoms. The van der Waals surface area contributed by atoms with E-state index in [1.54, 1.807) is 4.90 Å². The number of ether oxygens (including phenoxy) is 1. The summed E-state index contributed by atoms with van der Waals surface area (Å²) < 4.78 is 5.59. The average Bonchev–Trinajstić information content (AvgIpc) is 2.46. The second-order valence-corrected chi connectivity index (χ2v) is 7.96. The Morgan fingerprint density at radius 1 is 1.25 bits per heavy atom. The molecule has 0 N–H and O–H groups in total. The van der Waals surface area contributed by atoms with Gasteiger partial charge >= 0.3 is 6.09 Å². The summed E-state index contributed by atoms with van der Waals surface area (Å²) >= 11 is 0. The Bertz CT molecular complexity index is 597. The molecular weight excluding hydrogens is 300 g/mol. The topological polar surface area (TPSA) is 32.8 Å². The average molecular weight is 330 g/mol. The zero-order valence-corrected chi connectivity index (χ0v) is 15.8. The number of allylic oxidation sites excluding steroid dienone is 1. The van der Waals surface area contributed by atoms with E-state index in [4.69, 9.17) is 4.74 Å². The van der Waals surface area contributed by atoms with Gasteiger partial charge in [0.05, 0.1) is 5.70 Å². The molecule has 0 saturated heterocycles. The number of hydrogen-bond acceptors (Lipinski definition) is 3. The van der Waals surface area contributed by atoms with E-state index in [9.17, 15) is 4.79 Å². The number of carbonyl (C=O) groups is 1. The van der Waals surface area contributed by atoms with E-state index < -0.39 is 5.60 Å². The lowest BCUT2D eigenvalue weighted by atomic mass is 9.98. The minimum absolute atomic E-state index is 0.266. The highest BCUT2D eigenvalue weighted by Gasteiger charge is 2.29. The number of benzene rings is 1. The Morgan fingerprint density at radius 3 is 2.42 bits per heavy atom. The molecule has 0 bridgehead atoms. The largest absolute Gasteiger partial charge is 0.443 e. The van der Waals surface area contributed by atoms with Gasteiger partial charge in [-0.05, 0) is 58.3 Å². The van der Waals surface area contributed by atoms with E-state index in [0.29, 0.717) is 12.5 Å². The standard InChI is InChI=1S/C20H30N2O2/c1-15-7-12-18(22(13-15)19(23)24-20(2,3)4)17-10-8-16(9-11-17)14-21(5)6/h8-12,15H,7,13-14H2,1-6H3. The summed E-state index contributed by atoms with van der Waals surface area (Å²) in [6, 6.07) is 8.44. The molecule has 1 aliphatic heterocycles. The molecule has 0 aromatic heterocycles. The number of amides is 1. The quantitative estimate of drug-likeness (QED) is 0.825. The van der Waals surface area contributed by atoms with Crippen molar-refractivity contribution in [2.45, 2.75) is 46.3 Å². The molecule has 1 heterocycles. The van der Waals surface area contributed by atoms with Crippen LogP contribution < -0.4 is 0 Å². The maximum Gasteiger partial charge on any atom is 0.414 e. The third-order valence-corrected chi connectivity index (χ3v) is 3.86. The SMILES string of the molecule is CC1CC=C(c2ccc(CN(C)C)cc2)N(C(=O)OC(C)(C)C)C1. The molecule has 1 aromatic carbocycles. The lowest BCUT2D eigenvalue weighted by Gasteiger charge is -2.34. The van der Waals surface area contributed by atoms with Gasteiger partial charge in [-0.2, -0.15) is 0 Å². The molecule has 1 aromatic rings. The number of carbonyl (C=O) groups excluding carboxylic acids is 1. The van der Waals surface area contributed by atoms with Crippen molar-refractivity contribution in [3.05, 3.63) is 41.5 Å². The predicted molar refractivity (Wildman–Crippen MR) is 98.5 cm³/mol. The van der Waals surface area contributed by atoms with Crippen molar-refractivity contribution in [2.75, 3.05) is 20.6 Å². The molecule has 0 saturated carbocycles. The summed E-state index contributed by atoms with van der Waals surface area (Å²) in [5.74, 6) is 0.439. The van der Waals surface area contributed by atoms with E-state index in [1.165, 1.54) is 5.56 Å². The second-order valence-electron chi connectivity index (χ2n) is 7.96. The summed E-state index contributed by atoms with van der Waals surface area (Å²) in [6.45, 7) is 9.46. The van der Waals surface area contributed by atoms with Gasteiger partial charge in [0.2, 0.25) is 0 Å². The monoisotopic (exact) mass is 330 g/mol. The van der Waals surface area contributed by atoms with Crippen molar-refractivity contribution >= 4 is 11.8 Å². The van der Waals surface area contributed by atoms with Crippen LogP contribution in [0.3, 0.4) is 0 Å². The molecule has 0 spiro atoms. The zero-order valence-electron chi connectivity index (χ0n) is 15.8. The smallest absolute Gasteiger partial charge is 0.414 e. The van der Waals surface area contributed by atoms with Gasteiger partial charge in [-0.15, -0.1) is 0 Å². The van der Waals surface area contributed by atoms with Crippen LogP contribution >= 0.6 is 0 Å². The van der Waals surface area contributed by atoms with Crippen LogP contribution in [0, 0.1) is 5.92 Å². The van der Waals surface area contributed by atoms with Gasteiger partial charge in [0, 0.05) is 13.1 Å². The fourth-order valence-electron chi connectivity index (χ4n) is 2.82. The third kappa shape index (κ3) is 5.10. The Morgan fingerprint density at radius 2 is 1.88 bits per heavy atom. The molecule has 4 heteroatoms. The van der Waals surface area contributed by atoms with Crippen molar-refractivity contribution < 1.29 is 9.53 Å². The number of hydrogen-bond donors (Lipinski definition) is 0. The molecule has 1 amide bonds. The highest BCUT2D eigenvalue weighted by Crippen LogP contribution is 2.29. The van der Waals surface area contributed by atoms with E-state index in [2.05, 4.69) is 56.3 Å². The third-order valence-electron chi connectivity index (χ3n) is 3.86. The van der Waals surface area contributed by atoms with Gasteiger partial charge in [-0.3, -0.25) is 4.90 Å². The summed E-state index contributed by atoms with van der Waals surface area (Å²) in [4.78, 5) is 16.5. The van der Waals surface area contributed by atoms with E-state index >= 15 is 0 Å². The van der Waals surface area contributed by atoms with Crippen molar-refractivity contribution in [1.29, 1.82) is 0 Å². The highest BCUT2D eigenvalue weighted by molar-refractivity contribution is 5.83. The first-order chi connectivity index (χ1) is 11.2. The Hall–Kier alpha value is -1.81. The fraction of sp³-hybridized carbons (Fsp3) is 0.550. The summed E-state index contributed by atoms with van der Waals surface area (Å²) in [5, 5.41) is 0. The molecule has 1 atom stereocenters. The zero-order chi connectivity index (χ0) is 17.9. The predicted octanol–water partition coefficient (Wildman–Crippen LogP) is 4.37. The molecule has 0 aliphatic carbocycles. The maximum absolute atomic E-state index is 12.6. The molecule has 0 fully saturated rings. The summed E-state index contributed by atoms with van der Waals surface area (Å²) in [5.41, 5.74) is 2.80. The first-order valence-electron chi connectivity index (χ1n) is 8.60. The molecular formula is C20H30N2O2. The Balaban J connectivity index is 2.23. The first-order valence-corrected chi connectivity index (χ1v) is 8.60. The van der Waals surface area contributed by atoms with Crippen molar-refractivity contribution in [1.82, 2.24) is 9.80 Å². The van der Waals surface area contributed by atoms with Crippen LogP contribution in [-0.2, 0) is 11.3 Å². The van der Waals surface area contributed by atoms with Gasteiger partial charge in [-0.25, -0.2) is 4.79 Å². The normalized spacial score (nSPS) is 18.5. The Labute approximate surface area is 146 Å². The fourth-order valence-corrected chi connectivity index (χ4v) is 2.82. The van der Waals surface area contributed by atoms with E-state index in [0.717, 1.165) is 24.2 Å². The number of rotatable bonds is 3. The van der Waals surface area contributed by atoms with Crippen LogP contribution in [0.2, 0.25) is 0 Å². The minimum Gasteiger partial charge on any atom is -0.443 e. The second kappa shape index (κ2) is 7.39. The van der Waals surface area contributed by atoms with Crippen molar-refractivity contribution in [2.24, 2.45) is 5.92 Å². The van der Waals surface area contributed by atoms with Crippen LogP contribution in [0.1, 0.15) is 45.2 Å². The molecule has 1 unspecified atom stereocenters. The van der Waals surface area contributed by atoms with Gasteiger partial charge in [0.25, 0.3) is 0 Å². The molecule has 1 aliphatic rings. The molecule has 4 nitrogen and oxygen atoms in total. The number of nitrogens with zero attached hydrogens (tertiary/aromatic N) is 2. The Kier molecular flexibility index (Phi) is 5.70. The maximum atomic E-state index is 12.6. The van der Waals surface area contributed by atoms with Crippen LogP contribution in [-0.4, -0.2) is 42.1 Å². The summed E-state index contributed by atoms with van der Waals surface area (Å²) in [7, 11) is 4.12. The summed E-state index contributed by atoms with van der Waals surface area (Å²) in [6.07, 6.45) is 2.87. The van der Waals surface area contributed by atoms with Gasteiger partial charge < -0.3 is 9.64 Å². The highest BCUT2D eigenvalue weighted by atomic mass is 16.6. The minimum atomic E-state index is -0.488. The van der Waals surface area contributed by atoms with Gasteiger partial charge in [0.1, 0.15) is 5.60 Å².